The third kappa shape index (κ3) is 2.94. The van der Waals surface area contributed by atoms with Gasteiger partial charge in [-0.1, -0.05) is 12.1 Å². The molecule has 1 N–H and O–H groups in total. The first kappa shape index (κ1) is 12.7. The first-order valence-electron chi connectivity index (χ1n) is 5.69. The molecule has 0 spiro atoms. The number of anilines is 1. The van der Waals surface area contributed by atoms with Gasteiger partial charge in [-0.15, -0.1) is 0 Å². The largest absolute Gasteiger partial charge is 0.389 e. The maximum absolute atomic E-state index is 12.0. The zero-order valence-corrected chi connectivity index (χ0v) is 9.96. The average Bonchev–Trinajstić information content (AvgIpc) is 2.62. The molecular weight excluding hydrogens is 243 g/mol. The highest BCUT2D eigenvalue weighted by Crippen LogP contribution is 2.22. The summed E-state index contributed by atoms with van der Waals surface area (Å²) in [6.45, 7) is 0.261. The molecule has 0 unspecified atom stereocenters. The minimum Gasteiger partial charge on any atom is -0.356 e. The van der Waals surface area contributed by atoms with E-state index < -0.39 is 12.6 Å². The number of fused-ring (bicyclic) bond motifs is 1. The van der Waals surface area contributed by atoms with Crippen molar-refractivity contribution in [2.24, 2.45) is 7.05 Å². The second-order valence-corrected chi connectivity index (χ2v) is 4.13. The lowest BCUT2D eigenvalue weighted by Gasteiger charge is -2.08. The van der Waals surface area contributed by atoms with Gasteiger partial charge in [0.25, 0.3) is 0 Å². The van der Waals surface area contributed by atoms with Crippen LogP contribution in [-0.2, 0) is 7.05 Å². The number of imidazole rings is 1. The predicted molar refractivity (Wildman–Crippen MR) is 64.5 cm³/mol. The quantitative estimate of drug-likeness (QED) is 0.851. The van der Waals surface area contributed by atoms with Crippen LogP contribution in [0.25, 0.3) is 11.0 Å². The summed E-state index contributed by atoms with van der Waals surface area (Å²) in [5, 5.41) is 2.93. The lowest BCUT2D eigenvalue weighted by molar-refractivity contribution is -0.134. The van der Waals surface area contributed by atoms with E-state index >= 15 is 0 Å². The molecule has 0 bridgehead atoms. The molecule has 98 valence electrons. The lowest BCUT2D eigenvalue weighted by atomic mass is 10.3. The van der Waals surface area contributed by atoms with Gasteiger partial charge in [0.05, 0.1) is 11.0 Å². The van der Waals surface area contributed by atoms with E-state index in [-0.39, 0.29) is 13.0 Å². The summed E-state index contributed by atoms with van der Waals surface area (Å²) in [6, 6.07) is 7.57. The molecule has 0 fully saturated rings. The Morgan fingerprint density at radius 1 is 1.28 bits per heavy atom. The SMILES string of the molecule is Cn1c(NCCCC(F)(F)F)nc2ccccc21. The van der Waals surface area contributed by atoms with Gasteiger partial charge >= 0.3 is 6.18 Å². The minimum atomic E-state index is -4.09. The summed E-state index contributed by atoms with van der Waals surface area (Å²) < 4.78 is 37.8. The molecule has 2 rings (SSSR count). The Bertz CT molecular complexity index is 531. The number of rotatable bonds is 4. The number of aromatic nitrogens is 2. The van der Waals surface area contributed by atoms with Crippen molar-refractivity contribution in [3.8, 4) is 0 Å². The van der Waals surface area contributed by atoms with Gasteiger partial charge in [-0.3, -0.25) is 0 Å². The molecule has 0 saturated carbocycles. The van der Waals surface area contributed by atoms with Crippen molar-refractivity contribution in [1.29, 1.82) is 0 Å². The average molecular weight is 257 g/mol. The van der Waals surface area contributed by atoms with E-state index in [9.17, 15) is 13.2 Å². The molecule has 1 aromatic heterocycles. The second kappa shape index (κ2) is 4.88. The van der Waals surface area contributed by atoms with E-state index in [1.54, 1.807) is 0 Å². The number of halogens is 3. The number of alkyl halides is 3. The zero-order valence-electron chi connectivity index (χ0n) is 9.96. The number of aryl methyl sites for hydroxylation is 1. The van der Waals surface area contributed by atoms with Gasteiger partial charge in [0, 0.05) is 20.0 Å². The summed E-state index contributed by atoms with van der Waals surface area (Å²) in [6.07, 6.45) is -4.81. The number of nitrogens with one attached hydrogen (secondary N) is 1. The molecule has 3 nitrogen and oxygen atoms in total. The van der Waals surface area contributed by atoms with Crippen LogP contribution in [0.2, 0.25) is 0 Å². The van der Waals surface area contributed by atoms with Crippen LogP contribution in [0.4, 0.5) is 19.1 Å². The summed E-state index contributed by atoms with van der Waals surface area (Å²) >= 11 is 0. The van der Waals surface area contributed by atoms with Crippen LogP contribution < -0.4 is 5.32 Å². The van der Waals surface area contributed by atoms with E-state index in [1.165, 1.54) is 0 Å². The van der Waals surface area contributed by atoms with Gasteiger partial charge in [0.2, 0.25) is 5.95 Å². The van der Waals surface area contributed by atoms with Crippen molar-refractivity contribution in [3.05, 3.63) is 24.3 Å². The molecule has 0 atom stereocenters. The fourth-order valence-corrected chi connectivity index (χ4v) is 1.79. The Labute approximate surface area is 103 Å². The van der Waals surface area contributed by atoms with Crippen LogP contribution in [0.1, 0.15) is 12.8 Å². The molecule has 18 heavy (non-hydrogen) atoms. The molecule has 1 aromatic carbocycles. The molecule has 0 aliphatic rings. The van der Waals surface area contributed by atoms with Crippen LogP contribution in [0.5, 0.6) is 0 Å². The third-order valence-electron chi connectivity index (χ3n) is 2.71. The molecule has 0 saturated heterocycles. The van der Waals surface area contributed by atoms with Gasteiger partial charge in [0.15, 0.2) is 0 Å². The van der Waals surface area contributed by atoms with Crippen molar-refractivity contribution in [3.63, 3.8) is 0 Å². The first-order chi connectivity index (χ1) is 8.47. The first-order valence-corrected chi connectivity index (χ1v) is 5.69. The van der Waals surface area contributed by atoms with Crippen LogP contribution >= 0.6 is 0 Å². The Hall–Kier alpha value is -1.72. The monoisotopic (exact) mass is 257 g/mol. The minimum absolute atomic E-state index is 0.0483. The summed E-state index contributed by atoms with van der Waals surface area (Å²) in [7, 11) is 1.83. The van der Waals surface area contributed by atoms with Crippen molar-refractivity contribution in [2.75, 3.05) is 11.9 Å². The van der Waals surface area contributed by atoms with Crippen LogP contribution in [0, 0.1) is 0 Å². The molecular formula is C12H14F3N3. The van der Waals surface area contributed by atoms with E-state index in [0.29, 0.717) is 5.95 Å². The summed E-state index contributed by atoms with van der Waals surface area (Å²) in [5.41, 5.74) is 1.79. The Balaban J connectivity index is 1.98. The van der Waals surface area contributed by atoms with Crippen molar-refractivity contribution < 1.29 is 13.2 Å². The highest BCUT2D eigenvalue weighted by atomic mass is 19.4. The van der Waals surface area contributed by atoms with Crippen LogP contribution in [0.3, 0.4) is 0 Å². The highest BCUT2D eigenvalue weighted by molar-refractivity contribution is 5.78. The van der Waals surface area contributed by atoms with E-state index in [1.807, 2.05) is 35.9 Å². The van der Waals surface area contributed by atoms with Gasteiger partial charge < -0.3 is 9.88 Å². The molecule has 0 aliphatic carbocycles. The number of para-hydroxylation sites is 2. The fourth-order valence-electron chi connectivity index (χ4n) is 1.79. The smallest absolute Gasteiger partial charge is 0.356 e. The summed E-state index contributed by atoms with van der Waals surface area (Å²) in [4.78, 5) is 4.32. The standard InChI is InChI=1S/C12H14F3N3/c1-18-10-6-3-2-5-9(10)17-11(18)16-8-4-7-12(13,14)15/h2-3,5-6H,4,7-8H2,1H3,(H,16,17). The maximum atomic E-state index is 12.0. The number of benzene rings is 1. The van der Waals surface area contributed by atoms with E-state index in [4.69, 9.17) is 0 Å². The van der Waals surface area contributed by atoms with Crippen LogP contribution in [0.15, 0.2) is 24.3 Å². The van der Waals surface area contributed by atoms with E-state index in [2.05, 4.69) is 10.3 Å². The fraction of sp³-hybridized carbons (Fsp3) is 0.417. The topological polar surface area (TPSA) is 29.9 Å². The predicted octanol–water partition coefficient (Wildman–Crippen LogP) is 3.33. The second-order valence-electron chi connectivity index (χ2n) is 4.13. The Morgan fingerprint density at radius 3 is 2.67 bits per heavy atom. The molecule has 1 heterocycles. The molecule has 0 aliphatic heterocycles. The third-order valence-corrected chi connectivity index (χ3v) is 2.71. The normalized spacial score (nSPS) is 12.0. The maximum Gasteiger partial charge on any atom is 0.389 e. The zero-order chi connectivity index (χ0) is 13.2. The van der Waals surface area contributed by atoms with Gasteiger partial charge in [-0.2, -0.15) is 13.2 Å². The van der Waals surface area contributed by atoms with Crippen LogP contribution in [-0.4, -0.2) is 22.3 Å². The number of hydrogen-bond acceptors (Lipinski definition) is 2. The molecule has 2 aromatic rings. The van der Waals surface area contributed by atoms with Gasteiger partial charge in [0.1, 0.15) is 0 Å². The summed E-state index contributed by atoms with van der Waals surface area (Å²) in [5.74, 6) is 0.596. The number of hydrogen-bond donors (Lipinski definition) is 1. The number of nitrogens with zero attached hydrogens (tertiary/aromatic N) is 2. The van der Waals surface area contributed by atoms with Crippen molar-refractivity contribution in [1.82, 2.24) is 9.55 Å². The molecule has 0 amide bonds. The lowest BCUT2D eigenvalue weighted by Crippen LogP contribution is -2.12. The van der Waals surface area contributed by atoms with Gasteiger partial charge in [-0.25, -0.2) is 4.98 Å². The van der Waals surface area contributed by atoms with Crippen molar-refractivity contribution >= 4 is 17.0 Å². The van der Waals surface area contributed by atoms with Gasteiger partial charge in [-0.05, 0) is 18.6 Å². The molecule has 0 radical (unpaired) electrons. The Kier molecular flexibility index (Phi) is 3.45. The highest BCUT2D eigenvalue weighted by Gasteiger charge is 2.25. The van der Waals surface area contributed by atoms with Crippen molar-refractivity contribution in [2.45, 2.75) is 19.0 Å². The molecule has 6 heteroatoms. The van der Waals surface area contributed by atoms with E-state index in [0.717, 1.165) is 11.0 Å². The Morgan fingerprint density at radius 2 is 2.00 bits per heavy atom.